The molecule has 5 nitrogen and oxygen atoms in total. The van der Waals surface area contributed by atoms with E-state index in [1.54, 1.807) is 22.8 Å². The van der Waals surface area contributed by atoms with E-state index in [2.05, 4.69) is 10.3 Å². The van der Waals surface area contributed by atoms with Gasteiger partial charge >= 0.3 is 0 Å². The zero-order valence-corrected chi connectivity index (χ0v) is 10.2. The Labute approximate surface area is 104 Å². The highest BCUT2D eigenvalue weighted by atomic mass is 35.5. The molecular formula is C11H13ClN4O. The Morgan fingerprint density at radius 3 is 3.06 bits per heavy atom. The number of carbonyl (C=O) groups excluding carboxylic acids is 1. The van der Waals surface area contributed by atoms with E-state index in [4.69, 9.17) is 17.3 Å². The van der Waals surface area contributed by atoms with Gasteiger partial charge in [0.1, 0.15) is 6.54 Å². The van der Waals surface area contributed by atoms with Crippen molar-refractivity contribution in [2.75, 3.05) is 12.3 Å². The van der Waals surface area contributed by atoms with Gasteiger partial charge in [-0.15, -0.1) is 0 Å². The van der Waals surface area contributed by atoms with Crippen LogP contribution in [0.4, 0.5) is 5.95 Å². The SMILES string of the molecule is CCNC(=O)Cn1c(N)nc2ccc(Cl)cc21. The summed E-state index contributed by atoms with van der Waals surface area (Å²) in [4.78, 5) is 15.7. The standard InChI is InChI=1S/C11H13ClN4O/c1-2-14-10(17)6-16-9-5-7(12)3-4-8(9)15-11(16)13/h3-5H,2,6H2,1H3,(H2,13,15)(H,14,17). The number of halogens is 1. The van der Waals surface area contributed by atoms with Crippen LogP contribution >= 0.6 is 11.6 Å². The number of benzene rings is 1. The Kier molecular flexibility index (Phi) is 3.19. The number of nitrogens with one attached hydrogen (secondary N) is 1. The molecule has 0 aliphatic rings. The molecule has 0 aliphatic heterocycles. The second-order valence-corrected chi connectivity index (χ2v) is 4.08. The van der Waals surface area contributed by atoms with Crippen LogP contribution in [0.3, 0.4) is 0 Å². The zero-order valence-electron chi connectivity index (χ0n) is 9.40. The highest BCUT2D eigenvalue weighted by Crippen LogP contribution is 2.21. The molecule has 1 aromatic heterocycles. The highest BCUT2D eigenvalue weighted by Gasteiger charge is 2.11. The molecule has 2 aromatic rings. The van der Waals surface area contributed by atoms with Crippen LogP contribution < -0.4 is 11.1 Å². The highest BCUT2D eigenvalue weighted by molar-refractivity contribution is 6.31. The molecule has 0 unspecified atom stereocenters. The number of likely N-dealkylation sites (N-methyl/N-ethyl adjacent to an activating group) is 1. The van der Waals surface area contributed by atoms with Crippen molar-refractivity contribution in [3.8, 4) is 0 Å². The molecule has 0 saturated heterocycles. The van der Waals surface area contributed by atoms with E-state index in [0.717, 1.165) is 11.0 Å². The average Bonchev–Trinajstić information content (AvgIpc) is 2.56. The number of hydrogen-bond donors (Lipinski definition) is 2. The summed E-state index contributed by atoms with van der Waals surface area (Å²) >= 11 is 5.92. The first kappa shape index (κ1) is 11.7. The summed E-state index contributed by atoms with van der Waals surface area (Å²) in [6.45, 7) is 2.60. The molecule has 0 fully saturated rings. The molecule has 0 aliphatic carbocycles. The molecule has 1 heterocycles. The molecule has 0 bridgehead atoms. The first-order valence-electron chi connectivity index (χ1n) is 5.29. The fourth-order valence-electron chi connectivity index (χ4n) is 1.68. The van der Waals surface area contributed by atoms with Gasteiger partial charge < -0.3 is 15.6 Å². The fourth-order valence-corrected chi connectivity index (χ4v) is 1.84. The lowest BCUT2D eigenvalue weighted by atomic mass is 10.3. The number of rotatable bonds is 3. The van der Waals surface area contributed by atoms with Gasteiger partial charge in [-0.2, -0.15) is 0 Å². The smallest absolute Gasteiger partial charge is 0.240 e. The fraction of sp³-hybridized carbons (Fsp3) is 0.273. The van der Waals surface area contributed by atoms with Crippen molar-refractivity contribution >= 4 is 34.5 Å². The largest absolute Gasteiger partial charge is 0.369 e. The first-order valence-corrected chi connectivity index (χ1v) is 5.67. The lowest BCUT2D eigenvalue weighted by Gasteiger charge is -2.06. The average molecular weight is 253 g/mol. The van der Waals surface area contributed by atoms with Crippen LogP contribution in [0.25, 0.3) is 11.0 Å². The van der Waals surface area contributed by atoms with E-state index >= 15 is 0 Å². The number of amides is 1. The Balaban J connectivity index is 2.41. The Morgan fingerprint density at radius 1 is 1.59 bits per heavy atom. The van der Waals surface area contributed by atoms with Crippen molar-refractivity contribution < 1.29 is 4.79 Å². The van der Waals surface area contributed by atoms with Gasteiger partial charge in [-0.25, -0.2) is 4.98 Å². The number of nitrogens with zero attached hydrogens (tertiary/aromatic N) is 2. The van der Waals surface area contributed by atoms with Crippen molar-refractivity contribution in [1.82, 2.24) is 14.9 Å². The van der Waals surface area contributed by atoms with Gasteiger partial charge in [0.15, 0.2) is 0 Å². The van der Waals surface area contributed by atoms with Gasteiger partial charge in [0.05, 0.1) is 11.0 Å². The van der Waals surface area contributed by atoms with Crippen LogP contribution in [0.15, 0.2) is 18.2 Å². The van der Waals surface area contributed by atoms with Gasteiger partial charge in [0.2, 0.25) is 11.9 Å². The van der Waals surface area contributed by atoms with Crippen LogP contribution in [0, 0.1) is 0 Å². The monoisotopic (exact) mass is 252 g/mol. The summed E-state index contributed by atoms with van der Waals surface area (Å²) in [6, 6.07) is 5.27. The first-order chi connectivity index (χ1) is 8.11. The van der Waals surface area contributed by atoms with Crippen molar-refractivity contribution in [3.63, 3.8) is 0 Å². The minimum atomic E-state index is -0.0986. The van der Waals surface area contributed by atoms with E-state index in [1.165, 1.54) is 0 Å². The molecule has 17 heavy (non-hydrogen) atoms. The van der Waals surface area contributed by atoms with Crippen molar-refractivity contribution in [1.29, 1.82) is 0 Å². The number of nitrogens with two attached hydrogens (primary N) is 1. The molecular weight excluding hydrogens is 240 g/mol. The van der Waals surface area contributed by atoms with Crippen molar-refractivity contribution in [3.05, 3.63) is 23.2 Å². The van der Waals surface area contributed by atoms with E-state index in [0.29, 0.717) is 17.5 Å². The normalized spacial score (nSPS) is 10.7. The van der Waals surface area contributed by atoms with E-state index in [-0.39, 0.29) is 12.5 Å². The zero-order chi connectivity index (χ0) is 12.4. The molecule has 0 atom stereocenters. The summed E-state index contributed by atoms with van der Waals surface area (Å²) in [5.41, 5.74) is 7.27. The number of anilines is 1. The van der Waals surface area contributed by atoms with E-state index < -0.39 is 0 Å². The number of fused-ring (bicyclic) bond motifs is 1. The maximum absolute atomic E-state index is 11.5. The lowest BCUT2D eigenvalue weighted by molar-refractivity contribution is -0.121. The van der Waals surface area contributed by atoms with Gasteiger partial charge in [-0.3, -0.25) is 4.79 Å². The summed E-state index contributed by atoms with van der Waals surface area (Å²) in [6.07, 6.45) is 0. The molecule has 0 spiro atoms. The summed E-state index contributed by atoms with van der Waals surface area (Å²) < 4.78 is 1.65. The topological polar surface area (TPSA) is 72.9 Å². The van der Waals surface area contributed by atoms with Crippen LogP contribution in [0.2, 0.25) is 5.02 Å². The molecule has 1 amide bonds. The summed E-state index contributed by atoms with van der Waals surface area (Å²) in [5, 5.41) is 3.31. The number of aromatic nitrogens is 2. The number of carbonyl (C=O) groups is 1. The maximum atomic E-state index is 11.5. The molecule has 3 N–H and O–H groups in total. The molecule has 0 saturated carbocycles. The Hall–Kier alpha value is -1.75. The predicted octanol–water partition coefficient (Wildman–Crippen LogP) is 1.41. The predicted molar refractivity (Wildman–Crippen MR) is 67.8 cm³/mol. The second-order valence-electron chi connectivity index (χ2n) is 3.64. The van der Waals surface area contributed by atoms with Gasteiger partial charge in [-0.1, -0.05) is 11.6 Å². The lowest BCUT2D eigenvalue weighted by Crippen LogP contribution is -2.27. The van der Waals surface area contributed by atoms with Crippen LogP contribution in [-0.2, 0) is 11.3 Å². The van der Waals surface area contributed by atoms with Crippen LogP contribution in [0.5, 0.6) is 0 Å². The van der Waals surface area contributed by atoms with Gasteiger partial charge in [0.25, 0.3) is 0 Å². The van der Waals surface area contributed by atoms with Crippen LogP contribution in [-0.4, -0.2) is 22.0 Å². The molecule has 90 valence electrons. The third-order valence-electron chi connectivity index (χ3n) is 2.42. The summed E-state index contributed by atoms with van der Waals surface area (Å²) in [7, 11) is 0. The minimum Gasteiger partial charge on any atom is -0.369 e. The quantitative estimate of drug-likeness (QED) is 0.868. The molecule has 2 rings (SSSR count). The van der Waals surface area contributed by atoms with Crippen molar-refractivity contribution in [2.24, 2.45) is 0 Å². The third kappa shape index (κ3) is 2.34. The van der Waals surface area contributed by atoms with Crippen LogP contribution in [0.1, 0.15) is 6.92 Å². The minimum absolute atomic E-state index is 0.0986. The molecule has 0 radical (unpaired) electrons. The van der Waals surface area contributed by atoms with Gasteiger partial charge in [0, 0.05) is 11.6 Å². The van der Waals surface area contributed by atoms with E-state index in [1.807, 2.05) is 6.92 Å². The van der Waals surface area contributed by atoms with Gasteiger partial charge in [-0.05, 0) is 25.1 Å². The number of hydrogen-bond acceptors (Lipinski definition) is 3. The third-order valence-corrected chi connectivity index (χ3v) is 2.65. The molecule has 6 heteroatoms. The van der Waals surface area contributed by atoms with E-state index in [9.17, 15) is 4.79 Å². The number of imidazole rings is 1. The number of nitrogen functional groups attached to an aromatic ring is 1. The second kappa shape index (κ2) is 4.63. The summed E-state index contributed by atoms with van der Waals surface area (Å²) in [5.74, 6) is 0.215. The Bertz CT molecular complexity index is 564. The molecule has 1 aromatic carbocycles. The maximum Gasteiger partial charge on any atom is 0.240 e. The van der Waals surface area contributed by atoms with Crippen molar-refractivity contribution in [2.45, 2.75) is 13.5 Å². The Morgan fingerprint density at radius 2 is 2.35 bits per heavy atom.